The first-order chi connectivity index (χ1) is 16.9. The first-order valence-electron chi connectivity index (χ1n) is 10.4. The van der Waals surface area contributed by atoms with E-state index in [1.165, 1.54) is 12.1 Å². The first kappa shape index (κ1) is 27.0. The summed E-state index contributed by atoms with van der Waals surface area (Å²) in [7, 11) is -3.78. The van der Waals surface area contributed by atoms with E-state index in [0.29, 0.717) is 13.0 Å². The number of halogens is 4. The molecule has 1 saturated heterocycles. The van der Waals surface area contributed by atoms with Crippen molar-refractivity contribution >= 4 is 27.7 Å². The molecule has 1 aromatic heterocycles. The SMILES string of the molecule is C#Cc1cc(CNC(=O)C=Cc2ccc(C(F)(F)F)nc2OC2CCOC2)cc(F)c1NS(C)(=O)=O. The molecule has 1 aromatic carbocycles. The molecule has 2 N–H and O–H groups in total. The number of carbonyl (C=O) groups excluding carboxylic acids is 1. The van der Waals surface area contributed by atoms with Crippen LogP contribution in [0.5, 0.6) is 5.88 Å². The molecule has 13 heteroatoms. The van der Waals surface area contributed by atoms with E-state index in [0.717, 1.165) is 30.5 Å². The first-order valence-corrected chi connectivity index (χ1v) is 12.3. The monoisotopic (exact) mass is 527 g/mol. The van der Waals surface area contributed by atoms with Crippen molar-refractivity contribution in [2.75, 3.05) is 24.2 Å². The molecular formula is C23H21F4N3O5S. The average Bonchev–Trinajstić information content (AvgIpc) is 3.30. The Labute approximate surface area is 204 Å². The highest BCUT2D eigenvalue weighted by Crippen LogP contribution is 2.31. The highest BCUT2D eigenvalue weighted by atomic mass is 32.2. The number of ether oxygens (including phenoxy) is 2. The van der Waals surface area contributed by atoms with E-state index in [9.17, 15) is 30.8 Å². The lowest BCUT2D eigenvalue weighted by Crippen LogP contribution is -2.21. The van der Waals surface area contributed by atoms with Gasteiger partial charge in [-0.15, -0.1) is 6.42 Å². The molecule has 0 bridgehead atoms. The lowest BCUT2D eigenvalue weighted by atomic mass is 10.1. The van der Waals surface area contributed by atoms with Crippen LogP contribution in [-0.2, 0) is 32.3 Å². The topological polar surface area (TPSA) is 107 Å². The molecular weight excluding hydrogens is 506 g/mol. The Hall–Kier alpha value is -3.63. The number of alkyl halides is 3. The summed E-state index contributed by atoms with van der Waals surface area (Å²) in [4.78, 5) is 15.8. The Morgan fingerprint density at radius 1 is 1.36 bits per heavy atom. The maximum absolute atomic E-state index is 14.4. The van der Waals surface area contributed by atoms with Gasteiger partial charge in [0.25, 0.3) is 0 Å². The summed E-state index contributed by atoms with van der Waals surface area (Å²) >= 11 is 0. The number of hydrogen-bond acceptors (Lipinski definition) is 6. The van der Waals surface area contributed by atoms with E-state index in [1.54, 1.807) is 0 Å². The number of anilines is 1. The number of pyridine rings is 1. The minimum Gasteiger partial charge on any atom is -0.471 e. The number of rotatable bonds is 8. The molecule has 1 aliphatic heterocycles. The quantitative estimate of drug-likeness (QED) is 0.311. The Bertz CT molecular complexity index is 1310. The van der Waals surface area contributed by atoms with Crippen molar-refractivity contribution in [3.63, 3.8) is 0 Å². The van der Waals surface area contributed by atoms with Crippen molar-refractivity contribution in [1.29, 1.82) is 0 Å². The normalized spacial score (nSPS) is 16.1. The molecule has 2 heterocycles. The summed E-state index contributed by atoms with van der Waals surface area (Å²) in [6, 6.07) is 4.24. The van der Waals surface area contributed by atoms with Crippen molar-refractivity contribution in [3.8, 4) is 18.2 Å². The van der Waals surface area contributed by atoms with Crippen LogP contribution in [0, 0.1) is 18.2 Å². The predicted molar refractivity (Wildman–Crippen MR) is 123 cm³/mol. The zero-order valence-electron chi connectivity index (χ0n) is 18.9. The fourth-order valence-electron chi connectivity index (χ4n) is 3.18. The number of nitrogens with zero attached hydrogens (tertiary/aromatic N) is 1. The van der Waals surface area contributed by atoms with E-state index in [4.69, 9.17) is 15.9 Å². The number of hydrogen-bond donors (Lipinski definition) is 2. The summed E-state index contributed by atoms with van der Waals surface area (Å²) in [6.45, 7) is 0.447. The average molecular weight is 527 g/mol. The molecule has 0 spiro atoms. The van der Waals surface area contributed by atoms with E-state index < -0.39 is 39.7 Å². The smallest absolute Gasteiger partial charge is 0.433 e. The highest BCUT2D eigenvalue weighted by Gasteiger charge is 2.33. The fraction of sp³-hybridized carbons (Fsp3) is 0.304. The largest absolute Gasteiger partial charge is 0.471 e. The van der Waals surface area contributed by atoms with Crippen LogP contribution in [0.15, 0.2) is 30.3 Å². The summed E-state index contributed by atoms with van der Waals surface area (Å²) in [5.74, 6) is 0.315. The molecule has 1 amide bonds. The third-order valence-corrected chi connectivity index (χ3v) is 5.40. The second kappa shape index (κ2) is 11.0. The second-order valence-electron chi connectivity index (χ2n) is 7.76. The Morgan fingerprint density at radius 2 is 2.11 bits per heavy atom. The van der Waals surface area contributed by atoms with Crippen LogP contribution in [0.25, 0.3) is 6.08 Å². The molecule has 1 atom stereocenters. The third kappa shape index (κ3) is 7.43. The number of benzene rings is 1. The van der Waals surface area contributed by atoms with E-state index in [2.05, 4.69) is 16.2 Å². The van der Waals surface area contributed by atoms with Crippen LogP contribution >= 0.6 is 0 Å². The third-order valence-electron chi connectivity index (χ3n) is 4.82. The molecule has 8 nitrogen and oxygen atoms in total. The van der Waals surface area contributed by atoms with Crippen molar-refractivity contribution in [1.82, 2.24) is 10.3 Å². The van der Waals surface area contributed by atoms with Crippen molar-refractivity contribution in [2.45, 2.75) is 25.2 Å². The summed E-state index contributed by atoms with van der Waals surface area (Å²) in [6.07, 6.45) is 3.81. The van der Waals surface area contributed by atoms with Crippen LogP contribution in [0.2, 0.25) is 0 Å². The van der Waals surface area contributed by atoms with Gasteiger partial charge < -0.3 is 14.8 Å². The number of amides is 1. The molecule has 0 saturated carbocycles. The summed E-state index contributed by atoms with van der Waals surface area (Å²) < 4.78 is 89.2. The minimum atomic E-state index is -4.68. The Kier molecular flexibility index (Phi) is 8.21. The van der Waals surface area contributed by atoms with Crippen LogP contribution in [0.3, 0.4) is 0 Å². The molecule has 192 valence electrons. The maximum Gasteiger partial charge on any atom is 0.433 e. The van der Waals surface area contributed by atoms with Crippen molar-refractivity contribution in [3.05, 3.63) is 58.5 Å². The molecule has 1 unspecified atom stereocenters. The van der Waals surface area contributed by atoms with E-state index in [1.807, 2.05) is 4.72 Å². The van der Waals surface area contributed by atoms with Crippen molar-refractivity contribution in [2.24, 2.45) is 0 Å². The fourth-order valence-corrected chi connectivity index (χ4v) is 3.75. The molecule has 2 aromatic rings. The second-order valence-corrected chi connectivity index (χ2v) is 9.51. The minimum absolute atomic E-state index is 0.0614. The molecule has 0 aliphatic carbocycles. The molecule has 0 radical (unpaired) electrons. The number of aromatic nitrogens is 1. The zero-order valence-corrected chi connectivity index (χ0v) is 19.7. The van der Waals surface area contributed by atoms with Crippen LogP contribution < -0.4 is 14.8 Å². The zero-order chi connectivity index (χ0) is 26.5. The van der Waals surface area contributed by atoms with Crippen LogP contribution in [0.1, 0.15) is 28.8 Å². The molecule has 1 fully saturated rings. The number of sulfonamides is 1. The Morgan fingerprint density at radius 3 is 2.72 bits per heavy atom. The van der Waals surface area contributed by atoms with Crippen LogP contribution in [-0.4, -0.2) is 44.9 Å². The number of nitrogens with one attached hydrogen (secondary N) is 2. The van der Waals surface area contributed by atoms with Gasteiger partial charge in [0.2, 0.25) is 21.8 Å². The van der Waals surface area contributed by atoms with Crippen molar-refractivity contribution < 1.29 is 40.2 Å². The molecule has 1 aliphatic rings. The lowest BCUT2D eigenvalue weighted by molar-refractivity contribution is -0.141. The lowest BCUT2D eigenvalue weighted by Gasteiger charge is -2.15. The standard InChI is InChI=1S/C23H21F4N3O5S/c1-3-15-10-14(11-18(24)21(15)30-36(2,32)33)12-28-20(31)7-5-16-4-6-19(23(25,26)27)29-22(16)35-17-8-9-34-13-17/h1,4-7,10-11,17,30H,8-9,12-13H2,2H3,(H,28,31). The molecule has 3 rings (SSSR count). The summed E-state index contributed by atoms with van der Waals surface area (Å²) in [5.41, 5.74) is -1.19. The number of terminal acetylenes is 1. The van der Waals surface area contributed by atoms with Gasteiger partial charge >= 0.3 is 6.18 Å². The van der Waals surface area contributed by atoms with Gasteiger partial charge in [0.05, 0.1) is 30.7 Å². The van der Waals surface area contributed by atoms with Gasteiger partial charge in [-0.2, -0.15) is 13.2 Å². The van der Waals surface area contributed by atoms with Gasteiger partial charge in [-0.05, 0) is 35.9 Å². The number of carbonyl (C=O) groups is 1. The van der Waals surface area contributed by atoms with Gasteiger partial charge in [0.1, 0.15) is 17.6 Å². The van der Waals surface area contributed by atoms with E-state index in [-0.39, 0.29) is 41.4 Å². The van der Waals surface area contributed by atoms with Gasteiger partial charge in [0, 0.05) is 24.6 Å². The predicted octanol–water partition coefficient (Wildman–Crippen LogP) is 3.09. The van der Waals surface area contributed by atoms with Gasteiger partial charge in [-0.25, -0.2) is 17.8 Å². The van der Waals surface area contributed by atoms with Gasteiger partial charge in [-0.1, -0.05) is 5.92 Å². The van der Waals surface area contributed by atoms with Gasteiger partial charge in [-0.3, -0.25) is 9.52 Å². The van der Waals surface area contributed by atoms with Gasteiger partial charge in [0.15, 0.2) is 0 Å². The molecule has 36 heavy (non-hydrogen) atoms. The van der Waals surface area contributed by atoms with Crippen LogP contribution in [0.4, 0.5) is 23.2 Å². The highest BCUT2D eigenvalue weighted by molar-refractivity contribution is 7.92. The van der Waals surface area contributed by atoms with E-state index >= 15 is 0 Å². The maximum atomic E-state index is 14.4. The summed E-state index contributed by atoms with van der Waals surface area (Å²) in [5, 5.41) is 2.48. The Balaban J connectivity index is 1.73.